The zero-order valence-corrected chi connectivity index (χ0v) is 9.16. The van der Waals surface area contributed by atoms with E-state index in [-0.39, 0.29) is 5.91 Å². The third kappa shape index (κ3) is 3.35. The second kappa shape index (κ2) is 5.86. The highest BCUT2D eigenvalue weighted by Gasteiger charge is 2.04. The first-order chi connectivity index (χ1) is 7.65. The molecule has 16 heavy (non-hydrogen) atoms. The molecule has 0 bridgehead atoms. The molecule has 1 aromatic rings. The molecule has 0 aromatic carbocycles. The van der Waals surface area contributed by atoms with Gasteiger partial charge in [-0.25, -0.2) is 15.8 Å². The van der Waals surface area contributed by atoms with Gasteiger partial charge in [-0.05, 0) is 13.3 Å². The molecule has 0 atom stereocenters. The van der Waals surface area contributed by atoms with Crippen molar-refractivity contribution in [2.24, 2.45) is 11.6 Å². The Kier molecular flexibility index (Phi) is 4.46. The van der Waals surface area contributed by atoms with Crippen LogP contribution in [0.4, 0.5) is 11.6 Å². The topological polar surface area (TPSA) is 119 Å². The summed E-state index contributed by atoms with van der Waals surface area (Å²) in [6.07, 6.45) is 2.45. The number of carbonyl (C=O) groups is 1. The second-order valence-electron chi connectivity index (χ2n) is 3.34. The van der Waals surface area contributed by atoms with Gasteiger partial charge in [0.1, 0.15) is 18.0 Å². The van der Waals surface area contributed by atoms with Crippen LogP contribution in [0.3, 0.4) is 0 Å². The van der Waals surface area contributed by atoms with E-state index in [0.29, 0.717) is 31.0 Å². The molecule has 1 aromatic heterocycles. The number of anilines is 2. The Morgan fingerprint density at radius 3 is 2.75 bits per heavy atom. The molecule has 1 rings (SSSR count). The Morgan fingerprint density at radius 1 is 1.44 bits per heavy atom. The van der Waals surface area contributed by atoms with Gasteiger partial charge >= 0.3 is 0 Å². The first kappa shape index (κ1) is 12.2. The smallest absolute Gasteiger partial charge is 0.217 e. The third-order valence-electron chi connectivity index (χ3n) is 2.11. The molecule has 0 saturated heterocycles. The normalized spacial score (nSPS) is 9.88. The molecule has 0 aliphatic carbocycles. The lowest BCUT2D eigenvalue weighted by atomic mass is 10.3. The fourth-order valence-corrected chi connectivity index (χ4v) is 1.24. The minimum absolute atomic E-state index is 0.300. The van der Waals surface area contributed by atoms with E-state index in [1.807, 2.05) is 6.92 Å². The van der Waals surface area contributed by atoms with Crippen LogP contribution in [0.2, 0.25) is 0 Å². The van der Waals surface area contributed by atoms with E-state index in [9.17, 15) is 4.79 Å². The monoisotopic (exact) mass is 224 g/mol. The lowest BCUT2D eigenvalue weighted by molar-refractivity contribution is -0.118. The van der Waals surface area contributed by atoms with Crippen LogP contribution in [-0.2, 0) is 4.79 Å². The van der Waals surface area contributed by atoms with Crippen molar-refractivity contribution in [1.29, 1.82) is 0 Å². The number of hydrazine groups is 1. The summed E-state index contributed by atoms with van der Waals surface area (Å²) in [6, 6.07) is 0. The zero-order valence-electron chi connectivity index (χ0n) is 9.16. The van der Waals surface area contributed by atoms with Crippen molar-refractivity contribution >= 4 is 17.5 Å². The number of nitrogens with zero attached hydrogens (tertiary/aromatic N) is 2. The molecule has 0 spiro atoms. The molecule has 0 saturated carbocycles. The maximum absolute atomic E-state index is 10.5. The molecule has 7 nitrogen and oxygen atoms in total. The third-order valence-corrected chi connectivity index (χ3v) is 2.11. The molecule has 0 radical (unpaired) electrons. The number of nitrogens with one attached hydrogen (secondary N) is 2. The SMILES string of the molecule is Cc1c(NN)ncnc1NCCCC(N)=O. The maximum Gasteiger partial charge on any atom is 0.217 e. The molecule has 7 heteroatoms. The van der Waals surface area contributed by atoms with Gasteiger partial charge in [0.2, 0.25) is 5.91 Å². The molecular weight excluding hydrogens is 208 g/mol. The Bertz CT molecular complexity index is 367. The van der Waals surface area contributed by atoms with Crippen molar-refractivity contribution in [3.05, 3.63) is 11.9 Å². The van der Waals surface area contributed by atoms with Crippen molar-refractivity contribution in [2.45, 2.75) is 19.8 Å². The second-order valence-corrected chi connectivity index (χ2v) is 3.34. The van der Waals surface area contributed by atoms with Crippen molar-refractivity contribution in [2.75, 3.05) is 17.3 Å². The van der Waals surface area contributed by atoms with E-state index in [2.05, 4.69) is 20.7 Å². The van der Waals surface area contributed by atoms with E-state index in [1.165, 1.54) is 6.33 Å². The van der Waals surface area contributed by atoms with Crippen LogP contribution in [0, 0.1) is 6.92 Å². The average molecular weight is 224 g/mol. The standard InChI is InChI=1S/C9H16N6O/c1-6-8(12-4-2-3-7(10)16)13-5-14-9(6)15-11/h5H,2-4,11H2,1H3,(H2,10,16)(H2,12,13,14,15). The van der Waals surface area contributed by atoms with Crippen LogP contribution in [0.5, 0.6) is 0 Å². The predicted molar refractivity (Wildman–Crippen MR) is 61.5 cm³/mol. The van der Waals surface area contributed by atoms with Crippen LogP contribution < -0.4 is 22.3 Å². The lowest BCUT2D eigenvalue weighted by Crippen LogP contribution is -2.15. The largest absolute Gasteiger partial charge is 0.370 e. The number of carbonyl (C=O) groups excluding carboxylic acids is 1. The molecule has 88 valence electrons. The highest BCUT2D eigenvalue weighted by atomic mass is 16.1. The van der Waals surface area contributed by atoms with E-state index in [0.717, 1.165) is 5.56 Å². The number of hydrogen-bond donors (Lipinski definition) is 4. The summed E-state index contributed by atoms with van der Waals surface area (Å²) in [5, 5.41) is 3.09. The number of primary amides is 1. The van der Waals surface area contributed by atoms with Gasteiger partial charge in [0, 0.05) is 18.5 Å². The van der Waals surface area contributed by atoms with Crippen LogP contribution in [0.15, 0.2) is 6.33 Å². The summed E-state index contributed by atoms with van der Waals surface area (Å²) >= 11 is 0. The number of nitrogens with two attached hydrogens (primary N) is 2. The van der Waals surface area contributed by atoms with Crippen molar-refractivity contribution in [3.63, 3.8) is 0 Å². The van der Waals surface area contributed by atoms with Gasteiger partial charge in [-0.15, -0.1) is 0 Å². The molecule has 6 N–H and O–H groups in total. The van der Waals surface area contributed by atoms with Crippen molar-refractivity contribution in [1.82, 2.24) is 9.97 Å². The zero-order chi connectivity index (χ0) is 12.0. The number of amides is 1. The Balaban J connectivity index is 2.50. The summed E-state index contributed by atoms with van der Waals surface area (Å²) in [7, 11) is 0. The van der Waals surface area contributed by atoms with E-state index in [1.54, 1.807) is 0 Å². The molecular formula is C9H16N6O. The van der Waals surface area contributed by atoms with Crippen LogP contribution in [0.25, 0.3) is 0 Å². The molecule has 1 amide bonds. The van der Waals surface area contributed by atoms with Crippen molar-refractivity contribution < 1.29 is 4.79 Å². The van der Waals surface area contributed by atoms with Crippen LogP contribution >= 0.6 is 0 Å². The summed E-state index contributed by atoms with van der Waals surface area (Å²) in [5.41, 5.74) is 8.34. The number of hydrogen-bond acceptors (Lipinski definition) is 6. The van der Waals surface area contributed by atoms with E-state index < -0.39 is 0 Å². The summed E-state index contributed by atoms with van der Waals surface area (Å²) in [5.74, 6) is 6.26. The summed E-state index contributed by atoms with van der Waals surface area (Å²) < 4.78 is 0. The first-order valence-electron chi connectivity index (χ1n) is 4.95. The number of nitrogen functional groups attached to an aromatic ring is 1. The number of rotatable bonds is 6. The molecule has 0 aliphatic rings. The Morgan fingerprint density at radius 2 is 2.12 bits per heavy atom. The minimum atomic E-state index is -0.300. The van der Waals surface area contributed by atoms with Gasteiger partial charge in [0.05, 0.1) is 0 Å². The highest BCUT2D eigenvalue weighted by Crippen LogP contribution is 2.16. The predicted octanol–water partition coefficient (Wildman–Crippen LogP) is -0.252. The Hall–Kier alpha value is -1.89. The van der Waals surface area contributed by atoms with Gasteiger partial charge in [0.15, 0.2) is 0 Å². The number of aromatic nitrogens is 2. The van der Waals surface area contributed by atoms with Gasteiger partial charge in [-0.3, -0.25) is 4.79 Å². The van der Waals surface area contributed by atoms with Gasteiger partial charge in [0.25, 0.3) is 0 Å². The average Bonchev–Trinajstić information content (AvgIpc) is 2.26. The first-order valence-corrected chi connectivity index (χ1v) is 4.95. The molecule has 1 heterocycles. The van der Waals surface area contributed by atoms with Crippen LogP contribution in [0.1, 0.15) is 18.4 Å². The molecule has 0 aliphatic heterocycles. The molecule has 0 unspecified atom stereocenters. The minimum Gasteiger partial charge on any atom is -0.370 e. The lowest BCUT2D eigenvalue weighted by Gasteiger charge is -2.10. The maximum atomic E-state index is 10.5. The van der Waals surface area contributed by atoms with Crippen molar-refractivity contribution in [3.8, 4) is 0 Å². The summed E-state index contributed by atoms with van der Waals surface area (Å²) in [6.45, 7) is 2.48. The quantitative estimate of drug-likeness (QED) is 0.300. The van der Waals surface area contributed by atoms with Crippen LogP contribution in [-0.4, -0.2) is 22.4 Å². The molecule has 0 fully saturated rings. The van der Waals surface area contributed by atoms with E-state index >= 15 is 0 Å². The fraction of sp³-hybridized carbons (Fsp3) is 0.444. The van der Waals surface area contributed by atoms with Gasteiger partial charge in [-0.1, -0.05) is 0 Å². The highest BCUT2D eigenvalue weighted by molar-refractivity contribution is 5.73. The fourth-order valence-electron chi connectivity index (χ4n) is 1.24. The Labute approximate surface area is 93.6 Å². The summed E-state index contributed by atoms with van der Waals surface area (Å²) in [4.78, 5) is 18.5. The van der Waals surface area contributed by atoms with Gasteiger partial charge < -0.3 is 16.5 Å². The van der Waals surface area contributed by atoms with E-state index in [4.69, 9.17) is 11.6 Å². The van der Waals surface area contributed by atoms with Gasteiger partial charge in [-0.2, -0.15) is 0 Å².